The Hall–Kier alpha value is -0.340. The molecule has 0 amide bonds. The summed E-state index contributed by atoms with van der Waals surface area (Å²) in [6, 6.07) is 0.846. The molecule has 3 aliphatic carbocycles. The first-order valence-electron chi connectivity index (χ1n) is 6.25. The van der Waals surface area contributed by atoms with Gasteiger partial charge in [-0.25, -0.2) is 0 Å². The molecule has 0 aliphatic heterocycles. The number of rotatable bonds is 3. The average molecular weight is 219 g/mol. The third-order valence-corrected chi connectivity index (χ3v) is 5.52. The fourth-order valence-corrected chi connectivity index (χ4v) is 4.67. The molecule has 2 heteroatoms. The lowest BCUT2D eigenvalue weighted by Crippen LogP contribution is -2.16. The zero-order chi connectivity index (χ0) is 9.83. The van der Waals surface area contributed by atoms with Gasteiger partial charge in [0, 0.05) is 17.5 Å². The van der Waals surface area contributed by atoms with E-state index in [0.717, 1.165) is 24.4 Å². The first-order chi connectivity index (χ1) is 7.42. The summed E-state index contributed by atoms with van der Waals surface area (Å²) in [7, 11) is 0. The van der Waals surface area contributed by atoms with Gasteiger partial charge in [0.05, 0.1) is 0 Å². The highest BCUT2D eigenvalue weighted by molar-refractivity contribution is 7.10. The first kappa shape index (κ1) is 8.77. The van der Waals surface area contributed by atoms with Gasteiger partial charge >= 0.3 is 0 Å². The third-order valence-electron chi connectivity index (χ3n) is 4.31. The molecule has 4 rings (SSSR count). The lowest BCUT2D eigenvalue weighted by atomic mass is 9.95. The fourth-order valence-electron chi connectivity index (χ4n) is 3.36. The van der Waals surface area contributed by atoms with Gasteiger partial charge in [0.1, 0.15) is 0 Å². The maximum Gasteiger partial charge on any atom is 0.0219 e. The minimum absolute atomic E-state index is 0.846. The van der Waals surface area contributed by atoms with Crippen LogP contribution in [-0.4, -0.2) is 6.04 Å². The van der Waals surface area contributed by atoms with Crippen molar-refractivity contribution in [3.8, 4) is 0 Å². The molecule has 0 aromatic carbocycles. The van der Waals surface area contributed by atoms with Crippen LogP contribution in [0.3, 0.4) is 0 Å². The zero-order valence-corrected chi connectivity index (χ0v) is 9.78. The van der Waals surface area contributed by atoms with Crippen molar-refractivity contribution in [3.05, 3.63) is 21.4 Å². The molecule has 2 unspecified atom stereocenters. The van der Waals surface area contributed by atoms with Gasteiger partial charge in [0.25, 0.3) is 0 Å². The number of fused-ring (bicyclic) bond motifs is 5. The molecule has 0 saturated heterocycles. The fraction of sp³-hybridized carbons (Fsp3) is 0.692. The van der Waals surface area contributed by atoms with Gasteiger partial charge in [-0.05, 0) is 60.4 Å². The van der Waals surface area contributed by atoms with E-state index in [0.29, 0.717) is 0 Å². The molecule has 3 aliphatic rings. The second-order valence-electron chi connectivity index (χ2n) is 5.40. The lowest BCUT2D eigenvalue weighted by molar-refractivity contribution is 0.665. The van der Waals surface area contributed by atoms with Gasteiger partial charge in [-0.3, -0.25) is 0 Å². The maximum absolute atomic E-state index is 3.65. The molecular formula is C13H17NS. The highest BCUT2D eigenvalue weighted by Crippen LogP contribution is 2.56. The van der Waals surface area contributed by atoms with Gasteiger partial charge in [-0.2, -0.15) is 0 Å². The maximum atomic E-state index is 3.65. The molecule has 80 valence electrons. The SMILES string of the molecule is c1sc2c(c1CNC1CC1)C1CCC2C1. The Morgan fingerprint density at radius 2 is 2.07 bits per heavy atom. The summed E-state index contributed by atoms with van der Waals surface area (Å²) < 4.78 is 0. The zero-order valence-electron chi connectivity index (χ0n) is 8.96. The number of thiophene rings is 1. The van der Waals surface area contributed by atoms with E-state index >= 15 is 0 Å². The summed E-state index contributed by atoms with van der Waals surface area (Å²) in [5.41, 5.74) is 3.40. The van der Waals surface area contributed by atoms with Crippen LogP contribution in [0, 0.1) is 0 Å². The van der Waals surface area contributed by atoms with Gasteiger partial charge in [0.2, 0.25) is 0 Å². The Morgan fingerprint density at radius 1 is 1.20 bits per heavy atom. The Kier molecular flexibility index (Phi) is 1.80. The van der Waals surface area contributed by atoms with Crippen molar-refractivity contribution in [2.75, 3.05) is 0 Å². The molecule has 1 heterocycles. The molecule has 1 aromatic heterocycles. The summed E-state index contributed by atoms with van der Waals surface area (Å²) >= 11 is 2.03. The second kappa shape index (κ2) is 3.08. The predicted molar refractivity (Wildman–Crippen MR) is 63.5 cm³/mol. The highest BCUT2D eigenvalue weighted by atomic mass is 32.1. The van der Waals surface area contributed by atoms with E-state index in [1.54, 1.807) is 16.0 Å². The monoisotopic (exact) mass is 219 g/mol. The van der Waals surface area contributed by atoms with Crippen molar-refractivity contribution in [3.63, 3.8) is 0 Å². The summed E-state index contributed by atoms with van der Waals surface area (Å²) in [4.78, 5) is 1.75. The summed E-state index contributed by atoms with van der Waals surface area (Å²) in [5, 5.41) is 6.08. The Labute approximate surface area is 94.9 Å². The minimum Gasteiger partial charge on any atom is -0.310 e. The number of nitrogens with one attached hydrogen (secondary N) is 1. The van der Waals surface area contributed by atoms with Crippen LogP contribution in [0.15, 0.2) is 5.38 Å². The van der Waals surface area contributed by atoms with Crippen LogP contribution in [0.5, 0.6) is 0 Å². The largest absolute Gasteiger partial charge is 0.310 e. The molecule has 2 fully saturated rings. The quantitative estimate of drug-likeness (QED) is 0.822. The van der Waals surface area contributed by atoms with E-state index in [4.69, 9.17) is 0 Å². The van der Waals surface area contributed by atoms with Crippen LogP contribution in [0.25, 0.3) is 0 Å². The van der Waals surface area contributed by atoms with Gasteiger partial charge in [-0.15, -0.1) is 11.3 Å². The topological polar surface area (TPSA) is 12.0 Å². The third kappa shape index (κ3) is 1.31. The van der Waals surface area contributed by atoms with Gasteiger partial charge in [0.15, 0.2) is 0 Å². The van der Waals surface area contributed by atoms with Crippen molar-refractivity contribution in [2.45, 2.75) is 56.5 Å². The van der Waals surface area contributed by atoms with Crippen molar-refractivity contribution in [1.29, 1.82) is 0 Å². The van der Waals surface area contributed by atoms with Crippen LogP contribution >= 0.6 is 11.3 Å². The van der Waals surface area contributed by atoms with E-state index in [2.05, 4.69) is 10.7 Å². The molecule has 0 spiro atoms. The van der Waals surface area contributed by atoms with Gasteiger partial charge in [-0.1, -0.05) is 0 Å². The van der Waals surface area contributed by atoms with Crippen molar-refractivity contribution < 1.29 is 0 Å². The van der Waals surface area contributed by atoms with E-state index in [-0.39, 0.29) is 0 Å². The smallest absolute Gasteiger partial charge is 0.0219 e. The molecule has 1 N–H and O–H groups in total. The van der Waals surface area contributed by atoms with Crippen LogP contribution < -0.4 is 5.32 Å². The molecular weight excluding hydrogens is 202 g/mol. The summed E-state index contributed by atoms with van der Waals surface area (Å²) in [6.07, 6.45) is 7.20. The van der Waals surface area contributed by atoms with Crippen LogP contribution in [0.1, 0.15) is 59.9 Å². The van der Waals surface area contributed by atoms with Crippen LogP contribution in [0.2, 0.25) is 0 Å². The Balaban J connectivity index is 1.61. The molecule has 1 aromatic rings. The molecule has 15 heavy (non-hydrogen) atoms. The van der Waals surface area contributed by atoms with Crippen molar-refractivity contribution >= 4 is 11.3 Å². The van der Waals surface area contributed by atoms with Crippen LogP contribution in [-0.2, 0) is 6.54 Å². The minimum atomic E-state index is 0.846. The van der Waals surface area contributed by atoms with E-state index in [1.165, 1.54) is 32.1 Å². The Bertz CT molecular complexity index is 391. The van der Waals surface area contributed by atoms with Gasteiger partial charge < -0.3 is 5.32 Å². The Morgan fingerprint density at radius 3 is 2.93 bits per heavy atom. The molecule has 2 bridgehead atoms. The standard InChI is InChI=1S/C13H17NS/c1-2-9-5-8(1)12-10(7-15-13(9)12)6-14-11-3-4-11/h7-9,11,14H,1-6H2. The first-order valence-corrected chi connectivity index (χ1v) is 7.13. The normalized spacial score (nSPS) is 32.3. The molecule has 2 atom stereocenters. The number of hydrogen-bond donors (Lipinski definition) is 1. The van der Waals surface area contributed by atoms with E-state index < -0.39 is 0 Å². The predicted octanol–water partition coefficient (Wildman–Crippen LogP) is 3.36. The molecule has 2 saturated carbocycles. The van der Waals surface area contributed by atoms with Crippen molar-refractivity contribution in [1.82, 2.24) is 5.32 Å². The molecule has 0 radical (unpaired) electrons. The average Bonchev–Trinajstić information content (AvgIpc) is 2.73. The molecule has 1 nitrogen and oxygen atoms in total. The second-order valence-corrected chi connectivity index (χ2v) is 6.31. The summed E-state index contributed by atoms with van der Waals surface area (Å²) in [5.74, 6) is 1.89. The summed E-state index contributed by atoms with van der Waals surface area (Å²) in [6.45, 7) is 1.14. The van der Waals surface area contributed by atoms with Crippen molar-refractivity contribution in [2.24, 2.45) is 0 Å². The van der Waals surface area contributed by atoms with E-state index in [9.17, 15) is 0 Å². The van der Waals surface area contributed by atoms with E-state index in [1.807, 2.05) is 11.3 Å². The number of hydrogen-bond acceptors (Lipinski definition) is 2. The highest BCUT2D eigenvalue weighted by Gasteiger charge is 2.39. The van der Waals surface area contributed by atoms with Crippen LogP contribution in [0.4, 0.5) is 0 Å². The lowest BCUT2D eigenvalue weighted by Gasteiger charge is -2.12.